The van der Waals surface area contributed by atoms with Crippen molar-refractivity contribution in [2.24, 2.45) is 5.92 Å². The summed E-state index contributed by atoms with van der Waals surface area (Å²) in [6, 6.07) is 0. The Kier molecular flexibility index (Phi) is 3.05. The minimum Gasteiger partial charge on any atom is -0.303 e. The molecule has 0 bridgehead atoms. The second kappa shape index (κ2) is 4.13. The Hall–Kier alpha value is -0.180. The van der Waals surface area contributed by atoms with Crippen LogP contribution >= 0.6 is 0 Å². The lowest BCUT2D eigenvalue weighted by Gasteiger charge is -2.28. The van der Waals surface area contributed by atoms with Crippen LogP contribution in [0.2, 0.25) is 0 Å². The molecule has 1 unspecified atom stereocenters. The maximum atomic E-state index is 12.9. The van der Waals surface area contributed by atoms with Crippen molar-refractivity contribution in [3.63, 3.8) is 0 Å². The molecule has 0 aromatic heterocycles. The third-order valence-corrected chi connectivity index (χ3v) is 3.47. The van der Waals surface area contributed by atoms with Gasteiger partial charge in [-0.3, -0.25) is 0 Å². The minimum absolute atomic E-state index is 0.117. The fourth-order valence-electron chi connectivity index (χ4n) is 2.70. The number of rotatable bonds is 2. The average Bonchev–Trinajstić information content (AvgIpc) is 2.47. The Labute approximate surface area is 84.5 Å². The van der Waals surface area contributed by atoms with Crippen LogP contribution in [0.4, 0.5) is 8.78 Å². The molecule has 1 aliphatic carbocycles. The number of halogens is 2. The summed E-state index contributed by atoms with van der Waals surface area (Å²) in [5.74, 6) is -2.11. The predicted octanol–water partition coefficient (Wildman–Crippen LogP) is 2.91. The van der Waals surface area contributed by atoms with E-state index >= 15 is 0 Å². The van der Waals surface area contributed by atoms with E-state index in [0.29, 0.717) is 0 Å². The molecule has 82 valence electrons. The zero-order valence-corrected chi connectivity index (χ0v) is 8.64. The fourth-order valence-corrected chi connectivity index (χ4v) is 2.70. The van der Waals surface area contributed by atoms with Crippen molar-refractivity contribution in [1.29, 1.82) is 0 Å². The summed E-state index contributed by atoms with van der Waals surface area (Å²) in [5.41, 5.74) is 0. The third kappa shape index (κ3) is 2.66. The quantitative estimate of drug-likeness (QED) is 0.667. The molecule has 1 heterocycles. The number of piperidine rings is 1. The average molecular weight is 203 g/mol. The van der Waals surface area contributed by atoms with Crippen LogP contribution in [-0.2, 0) is 0 Å². The predicted molar refractivity (Wildman–Crippen MR) is 52.6 cm³/mol. The van der Waals surface area contributed by atoms with Gasteiger partial charge in [0.15, 0.2) is 0 Å². The standard InChI is InChI=1S/C11H19F2N/c12-11(13)5-4-10(8-11)9-14-6-2-1-3-7-14/h10H,1-9H2. The highest BCUT2D eigenvalue weighted by molar-refractivity contribution is 4.83. The SMILES string of the molecule is FC1(F)CCC(CN2CCCCC2)C1. The van der Waals surface area contributed by atoms with E-state index in [0.717, 1.165) is 26.1 Å². The van der Waals surface area contributed by atoms with Crippen molar-refractivity contribution in [3.05, 3.63) is 0 Å². The molecule has 2 aliphatic rings. The third-order valence-electron chi connectivity index (χ3n) is 3.47. The van der Waals surface area contributed by atoms with Crippen molar-refractivity contribution < 1.29 is 8.78 Å². The molecule has 1 atom stereocenters. The van der Waals surface area contributed by atoms with Gasteiger partial charge in [0.1, 0.15) is 0 Å². The van der Waals surface area contributed by atoms with Crippen molar-refractivity contribution in [2.75, 3.05) is 19.6 Å². The topological polar surface area (TPSA) is 3.24 Å². The van der Waals surface area contributed by atoms with Crippen LogP contribution in [0.3, 0.4) is 0 Å². The first-order valence-electron chi connectivity index (χ1n) is 5.76. The normalized spacial score (nSPS) is 33.4. The van der Waals surface area contributed by atoms with Gasteiger partial charge in [0.05, 0.1) is 0 Å². The van der Waals surface area contributed by atoms with Crippen LogP contribution in [0.15, 0.2) is 0 Å². The second-order valence-electron chi connectivity index (χ2n) is 4.83. The van der Waals surface area contributed by atoms with Gasteiger partial charge in [-0.25, -0.2) is 8.78 Å². The lowest BCUT2D eigenvalue weighted by molar-refractivity contribution is 0.00316. The fraction of sp³-hybridized carbons (Fsp3) is 1.00. The van der Waals surface area contributed by atoms with Gasteiger partial charge in [0.25, 0.3) is 0 Å². The van der Waals surface area contributed by atoms with E-state index in [9.17, 15) is 8.78 Å². The maximum Gasteiger partial charge on any atom is 0.248 e. The monoisotopic (exact) mass is 203 g/mol. The van der Waals surface area contributed by atoms with Crippen molar-refractivity contribution in [2.45, 2.75) is 44.4 Å². The Morgan fingerprint density at radius 3 is 2.43 bits per heavy atom. The van der Waals surface area contributed by atoms with Gasteiger partial charge in [-0.05, 0) is 38.3 Å². The number of alkyl halides is 2. The molecular formula is C11H19F2N. The van der Waals surface area contributed by atoms with Gasteiger partial charge in [0.2, 0.25) is 5.92 Å². The van der Waals surface area contributed by atoms with E-state index in [1.54, 1.807) is 0 Å². The molecule has 0 amide bonds. The van der Waals surface area contributed by atoms with Crippen LogP contribution in [0, 0.1) is 5.92 Å². The number of likely N-dealkylation sites (tertiary alicyclic amines) is 1. The van der Waals surface area contributed by atoms with E-state index in [4.69, 9.17) is 0 Å². The molecule has 0 aromatic carbocycles. The Balaban J connectivity index is 1.75. The summed E-state index contributed by atoms with van der Waals surface area (Å²) in [6.07, 6.45) is 4.79. The van der Waals surface area contributed by atoms with Crippen molar-refractivity contribution in [3.8, 4) is 0 Å². The number of hydrogen-bond acceptors (Lipinski definition) is 1. The summed E-state index contributed by atoms with van der Waals surface area (Å²) >= 11 is 0. The van der Waals surface area contributed by atoms with Crippen molar-refractivity contribution in [1.82, 2.24) is 4.90 Å². The van der Waals surface area contributed by atoms with Gasteiger partial charge in [-0.15, -0.1) is 0 Å². The van der Waals surface area contributed by atoms with Gasteiger partial charge >= 0.3 is 0 Å². The van der Waals surface area contributed by atoms with Crippen LogP contribution in [0.5, 0.6) is 0 Å². The first-order chi connectivity index (χ1) is 6.66. The molecule has 14 heavy (non-hydrogen) atoms. The van der Waals surface area contributed by atoms with E-state index in [-0.39, 0.29) is 18.8 Å². The largest absolute Gasteiger partial charge is 0.303 e. The Morgan fingerprint density at radius 2 is 1.86 bits per heavy atom. The molecule has 0 aromatic rings. The summed E-state index contributed by atoms with van der Waals surface area (Å²) in [6.45, 7) is 3.17. The van der Waals surface area contributed by atoms with E-state index < -0.39 is 5.92 Å². The van der Waals surface area contributed by atoms with Gasteiger partial charge in [-0.2, -0.15) is 0 Å². The summed E-state index contributed by atoms with van der Waals surface area (Å²) in [4.78, 5) is 2.37. The lowest BCUT2D eigenvalue weighted by Crippen LogP contribution is -2.33. The molecule has 1 saturated heterocycles. The van der Waals surface area contributed by atoms with E-state index in [1.165, 1.54) is 19.3 Å². The van der Waals surface area contributed by atoms with Crippen LogP contribution in [0.1, 0.15) is 38.5 Å². The smallest absolute Gasteiger partial charge is 0.248 e. The summed E-state index contributed by atoms with van der Waals surface area (Å²) in [5, 5.41) is 0. The summed E-state index contributed by atoms with van der Waals surface area (Å²) in [7, 11) is 0. The Morgan fingerprint density at radius 1 is 1.14 bits per heavy atom. The van der Waals surface area contributed by atoms with Crippen LogP contribution in [0.25, 0.3) is 0 Å². The highest BCUT2D eigenvalue weighted by atomic mass is 19.3. The van der Waals surface area contributed by atoms with Crippen molar-refractivity contribution >= 4 is 0 Å². The first-order valence-corrected chi connectivity index (χ1v) is 5.76. The van der Waals surface area contributed by atoms with Crippen LogP contribution < -0.4 is 0 Å². The molecule has 0 spiro atoms. The Bertz CT molecular complexity index is 188. The zero-order valence-electron chi connectivity index (χ0n) is 8.64. The molecule has 1 aliphatic heterocycles. The molecule has 1 saturated carbocycles. The zero-order chi connectivity index (χ0) is 10.0. The molecule has 1 nitrogen and oxygen atoms in total. The molecule has 2 rings (SSSR count). The second-order valence-corrected chi connectivity index (χ2v) is 4.83. The minimum atomic E-state index is -2.36. The molecule has 3 heteroatoms. The van der Waals surface area contributed by atoms with Gasteiger partial charge in [-0.1, -0.05) is 6.42 Å². The highest BCUT2D eigenvalue weighted by Crippen LogP contribution is 2.39. The molecule has 0 N–H and O–H groups in total. The van der Waals surface area contributed by atoms with Crippen LogP contribution in [-0.4, -0.2) is 30.5 Å². The summed E-state index contributed by atoms with van der Waals surface area (Å²) < 4.78 is 25.9. The first kappa shape index (κ1) is 10.3. The molecule has 2 fully saturated rings. The number of hydrogen-bond donors (Lipinski definition) is 0. The molecule has 0 radical (unpaired) electrons. The lowest BCUT2D eigenvalue weighted by atomic mass is 10.0. The highest BCUT2D eigenvalue weighted by Gasteiger charge is 2.39. The number of nitrogens with zero attached hydrogens (tertiary/aromatic N) is 1. The van der Waals surface area contributed by atoms with Gasteiger partial charge in [0, 0.05) is 19.4 Å². The van der Waals surface area contributed by atoms with Gasteiger partial charge < -0.3 is 4.90 Å². The van der Waals surface area contributed by atoms with E-state index in [2.05, 4.69) is 4.90 Å². The maximum absolute atomic E-state index is 12.9. The molecular weight excluding hydrogens is 184 g/mol. The van der Waals surface area contributed by atoms with E-state index in [1.807, 2.05) is 0 Å².